The maximum Gasteiger partial charge on any atom is 0.249 e. The van der Waals surface area contributed by atoms with Crippen LogP contribution in [0, 0.1) is 0 Å². The van der Waals surface area contributed by atoms with Crippen molar-refractivity contribution in [3.63, 3.8) is 0 Å². The molecule has 0 fully saturated rings. The van der Waals surface area contributed by atoms with E-state index in [2.05, 4.69) is 43.5 Å². The molecule has 0 heterocycles. The Kier molecular flexibility index (Phi) is 41.1. The summed E-state index contributed by atoms with van der Waals surface area (Å²) in [6, 6.07) is -0.817. The minimum absolute atomic E-state index is 0.380. The smallest absolute Gasteiger partial charge is 0.249 e. The van der Waals surface area contributed by atoms with Gasteiger partial charge in [0.05, 0.1) is 18.8 Å². The van der Waals surface area contributed by atoms with E-state index in [0.29, 0.717) is 6.42 Å². The molecule has 0 saturated heterocycles. The first-order valence-corrected chi connectivity index (χ1v) is 22.8. The van der Waals surface area contributed by atoms with Crippen LogP contribution in [0.2, 0.25) is 0 Å². The van der Waals surface area contributed by atoms with Gasteiger partial charge in [-0.3, -0.25) is 4.79 Å². The van der Waals surface area contributed by atoms with E-state index in [-0.39, 0.29) is 6.61 Å². The fourth-order valence-electron chi connectivity index (χ4n) is 6.86. The number of hydrogen-bond donors (Lipinski definition) is 4. The lowest BCUT2D eigenvalue weighted by molar-refractivity contribution is -0.131. The molecule has 4 N–H and O–H groups in total. The van der Waals surface area contributed by atoms with Crippen LogP contribution in [0.25, 0.3) is 0 Å². The van der Waals surface area contributed by atoms with E-state index in [1.165, 1.54) is 167 Å². The minimum atomic E-state index is -1.11. The van der Waals surface area contributed by atoms with Crippen LogP contribution in [0.15, 0.2) is 36.5 Å². The molecule has 3 unspecified atom stereocenters. The Hall–Kier alpha value is -1.43. The Morgan fingerprint density at radius 2 is 0.788 bits per heavy atom. The zero-order chi connectivity index (χ0) is 38.0. The van der Waals surface area contributed by atoms with Crippen molar-refractivity contribution in [1.82, 2.24) is 5.32 Å². The number of aliphatic hydroxyl groups is 3. The average molecular weight is 732 g/mol. The van der Waals surface area contributed by atoms with Crippen LogP contribution in [0.3, 0.4) is 0 Å². The summed E-state index contributed by atoms with van der Waals surface area (Å²) < 4.78 is 0. The Labute approximate surface area is 324 Å². The molecular weight excluding hydrogens is 643 g/mol. The van der Waals surface area contributed by atoms with Gasteiger partial charge < -0.3 is 20.6 Å². The fraction of sp³-hybridized carbons (Fsp3) is 0.851. The van der Waals surface area contributed by atoms with Gasteiger partial charge in [-0.05, 0) is 44.9 Å². The van der Waals surface area contributed by atoms with E-state index in [4.69, 9.17) is 0 Å². The number of unbranched alkanes of at least 4 members (excludes halogenated alkanes) is 29. The van der Waals surface area contributed by atoms with Gasteiger partial charge in [0, 0.05) is 0 Å². The molecule has 0 aliphatic carbocycles. The molecule has 0 aromatic heterocycles. The molecular formula is C47H89NO4. The number of hydrogen-bond acceptors (Lipinski definition) is 4. The maximum atomic E-state index is 12.5. The fourth-order valence-corrected chi connectivity index (χ4v) is 6.86. The van der Waals surface area contributed by atoms with Gasteiger partial charge in [-0.25, -0.2) is 0 Å². The van der Waals surface area contributed by atoms with Gasteiger partial charge in [0.15, 0.2) is 0 Å². The normalized spacial score (nSPS) is 13.9. The van der Waals surface area contributed by atoms with Gasteiger partial charge in [0.25, 0.3) is 0 Å². The molecule has 3 atom stereocenters. The number of rotatable bonds is 41. The lowest BCUT2D eigenvalue weighted by atomic mass is 10.0. The van der Waals surface area contributed by atoms with Crippen LogP contribution < -0.4 is 5.32 Å². The second-order valence-electron chi connectivity index (χ2n) is 15.6. The second kappa shape index (κ2) is 42.3. The summed E-state index contributed by atoms with van der Waals surface area (Å²) in [4.78, 5) is 12.5. The summed E-state index contributed by atoms with van der Waals surface area (Å²) in [6.45, 7) is 4.14. The van der Waals surface area contributed by atoms with Crippen molar-refractivity contribution in [2.45, 2.75) is 250 Å². The van der Waals surface area contributed by atoms with Gasteiger partial charge in [-0.1, -0.05) is 224 Å². The third kappa shape index (κ3) is 36.9. The summed E-state index contributed by atoms with van der Waals surface area (Å²) in [5.74, 6) is -0.516. The van der Waals surface area contributed by atoms with E-state index in [9.17, 15) is 20.1 Å². The predicted octanol–water partition coefficient (Wildman–Crippen LogP) is 13.2. The molecule has 5 nitrogen and oxygen atoms in total. The van der Waals surface area contributed by atoms with Crippen LogP contribution in [0.1, 0.15) is 232 Å². The number of amides is 1. The average Bonchev–Trinajstić information content (AvgIpc) is 3.15. The van der Waals surface area contributed by atoms with Crippen molar-refractivity contribution in [3.8, 4) is 0 Å². The zero-order valence-corrected chi connectivity index (χ0v) is 34.7. The molecule has 0 saturated carbocycles. The summed E-state index contributed by atoms with van der Waals surface area (Å²) in [6.07, 6.45) is 53.3. The Balaban J connectivity index is 3.61. The van der Waals surface area contributed by atoms with Crippen LogP contribution in [0.5, 0.6) is 0 Å². The van der Waals surface area contributed by atoms with Crippen molar-refractivity contribution < 1.29 is 20.1 Å². The highest BCUT2D eigenvalue weighted by molar-refractivity contribution is 5.80. The highest BCUT2D eigenvalue weighted by Crippen LogP contribution is 2.16. The number of aliphatic hydroxyl groups excluding tert-OH is 3. The second-order valence-corrected chi connectivity index (χ2v) is 15.6. The highest BCUT2D eigenvalue weighted by atomic mass is 16.3. The SMILES string of the molecule is CCCCC/C=C/CC/C=C/CC/C=C/C(O)C(CO)NC(=O)C(O)CCCCCCCCCCCCCCCCCCCCCCCCCCC. The molecule has 0 bridgehead atoms. The first-order valence-electron chi connectivity index (χ1n) is 22.8. The maximum absolute atomic E-state index is 12.5. The van der Waals surface area contributed by atoms with E-state index < -0.39 is 24.2 Å². The Morgan fingerprint density at radius 1 is 0.462 bits per heavy atom. The molecule has 0 aromatic carbocycles. The zero-order valence-electron chi connectivity index (χ0n) is 34.7. The molecule has 0 aliphatic rings. The molecule has 52 heavy (non-hydrogen) atoms. The number of carbonyl (C=O) groups is 1. The van der Waals surface area contributed by atoms with Gasteiger partial charge in [-0.2, -0.15) is 0 Å². The molecule has 306 valence electrons. The summed E-state index contributed by atoms with van der Waals surface area (Å²) in [5, 5.41) is 33.1. The monoisotopic (exact) mass is 732 g/mol. The molecule has 5 heteroatoms. The van der Waals surface area contributed by atoms with Gasteiger partial charge in [0.1, 0.15) is 6.10 Å². The van der Waals surface area contributed by atoms with Crippen molar-refractivity contribution >= 4 is 5.91 Å². The largest absolute Gasteiger partial charge is 0.394 e. The van der Waals surface area contributed by atoms with E-state index in [1.807, 2.05) is 6.08 Å². The van der Waals surface area contributed by atoms with Crippen molar-refractivity contribution in [2.75, 3.05) is 6.61 Å². The standard InChI is InChI=1S/C47H89NO4/c1-3-5-7-9-11-13-15-17-18-19-20-21-22-23-24-25-26-27-28-30-32-34-36-38-40-42-46(51)47(52)48-44(43-49)45(50)41-39-37-35-33-31-29-16-14-12-10-8-6-4-2/h12,14,31,33,39,41,44-46,49-51H,3-11,13,15-30,32,34-38,40,42-43H2,1-2H3,(H,48,52)/b14-12+,33-31+,41-39+. The lowest BCUT2D eigenvalue weighted by Gasteiger charge is -2.21. The van der Waals surface area contributed by atoms with E-state index in [1.54, 1.807) is 6.08 Å². The minimum Gasteiger partial charge on any atom is -0.394 e. The van der Waals surface area contributed by atoms with Crippen LogP contribution in [-0.4, -0.2) is 46.1 Å². The first kappa shape index (κ1) is 50.6. The van der Waals surface area contributed by atoms with Gasteiger partial charge in [-0.15, -0.1) is 0 Å². The van der Waals surface area contributed by atoms with Crippen LogP contribution >= 0.6 is 0 Å². The molecule has 0 radical (unpaired) electrons. The number of allylic oxidation sites excluding steroid dienone is 5. The topological polar surface area (TPSA) is 89.8 Å². The van der Waals surface area contributed by atoms with Gasteiger partial charge >= 0.3 is 0 Å². The third-order valence-electron chi connectivity index (χ3n) is 10.5. The summed E-state index contributed by atoms with van der Waals surface area (Å²) in [5.41, 5.74) is 0. The number of carbonyl (C=O) groups excluding carboxylic acids is 1. The van der Waals surface area contributed by atoms with Gasteiger partial charge in [0.2, 0.25) is 5.91 Å². The quantitative estimate of drug-likeness (QED) is 0.0372. The van der Waals surface area contributed by atoms with E-state index in [0.717, 1.165) is 44.9 Å². The van der Waals surface area contributed by atoms with E-state index >= 15 is 0 Å². The molecule has 0 spiro atoms. The summed E-state index contributed by atoms with van der Waals surface area (Å²) >= 11 is 0. The third-order valence-corrected chi connectivity index (χ3v) is 10.5. The molecule has 0 aromatic rings. The summed E-state index contributed by atoms with van der Waals surface area (Å²) in [7, 11) is 0. The van der Waals surface area contributed by atoms with Crippen molar-refractivity contribution in [1.29, 1.82) is 0 Å². The van der Waals surface area contributed by atoms with Crippen molar-refractivity contribution in [2.24, 2.45) is 0 Å². The lowest BCUT2D eigenvalue weighted by Crippen LogP contribution is -2.48. The Morgan fingerprint density at radius 3 is 1.17 bits per heavy atom. The predicted molar refractivity (Wildman–Crippen MR) is 227 cm³/mol. The van der Waals surface area contributed by atoms with Crippen LogP contribution in [-0.2, 0) is 4.79 Å². The van der Waals surface area contributed by atoms with Crippen LogP contribution in [0.4, 0.5) is 0 Å². The first-order chi connectivity index (χ1) is 25.6. The van der Waals surface area contributed by atoms with Crippen molar-refractivity contribution in [3.05, 3.63) is 36.5 Å². The molecule has 0 aliphatic heterocycles. The molecule has 0 rings (SSSR count). The highest BCUT2D eigenvalue weighted by Gasteiger charge is 2.22. The Bertz CT molecular complexity index is 809. The molecule has 1 amide bonds. The number of nitrogens with one attached hydrogen (secondary N) is 1.